The second-order valence-corrected chi connectivity index (χ2v) is 7.51. The van der Waals surface area contributed by atoms with Gasteiger partial charge in [-0.2, -0.15) is 0 Å². The molecule has 0 aliphatic carbocycles. The smallest absolute Gasteiger partial charge is 0.338 e. The van der Waals surface area contributed by atoms with E-state index in [1.54, 1.807) is 0 Å². The van der Waals surface area contributed by atoms with Crippen LogP contribution in [-0.4, -0.2) is 24.3 Å². The largest absolute Gasteiger partial charge is 0.462 e. The molecule has 3 heteroatoms. The topological polar surface area (TPSA) is 46.5 Å². The SMILES string of the molecule is Cc1cccc(C)c1C(=O)OCC(C)(C)CC(C)(C)CO. The highest BCUT2D eigenvalue weighted by Gasteiger charge is 2.30. The van der Waals surface area contributed by atoms with Crippen LogP contribution in [-0.2, 0) is 4.74 Å². The number of aryl methyl sites for hydroxylation is 2. The number of rotatable bonds is 6. The van der Waals surface area contributed by atoms with Crippen molar-refractivity contribution in [1.29, 1.82) is 0 Å². The lowest BCUT2D eigenvalue weighted by Gasteiger charge is -2.33. The van der Waals surface area contributed by atoms with Crippen LogP contribution in [0, 0.1) is 24.7 Å². The maximum absolute atomic E-state index is 12.3. The Labute approximate surface area is 128 Å². The van der Waals surface area contributed by atoms with Crippen molar-refractivity contribution in [3.8, 4) is 0 Å². The van der Waals surface area contributed by atoms with Gasteiger partial charge in [0.1, 0.15) is 0 Å². The molecule has 0 amide bonds. The van der Waals surface area contributed by atoms with Crippen LogP contribution in [0.1, 0.15) is 55.6 Å². The van der Waals surface area contributed by atoms with Gasteiger partial charge < -0.3 is 9.84 Å². The van der Waals surface area contributed by atoms with Crippen LogP contribution in [0.2, 0.25) is 0 Å². The number of aliphatic hydroxyl groups is 1. The summed E-state index contributed by atoms with van der Waals surface area (Å²) in [6.07, 6.45) is 0.788. The normalized spacial score (nSPS) is 12.3. The van der Waals surface area contributed by atoms with Gasteiger partial charge in [-0.3, -0.25) is 0 Å². The van der Waals surface area contributed by atoms with Crippen LogP contribution < -0.4 is 0 Å². The van der Waals surface area contributed by atoms with Crippen molar-refractivity contribution in [1.82, 2.24) is 0 Å². The number of ether oxygens (including phenoxy) is 1. The molecule has 1 aromatic carbocycles. The van der Waals surface area contributed by atoms with Gasteiger partial charge in [-0.05, 0) is 42.2 Å². The lowest BCUT2D eigenvalue weighted by molar-refractivity contribution is 0.0188. The van der Waals surface area contributed by atoms with Crippen LogP contribution in [0.15, 0.2) is 18.2 Å². The van der Waals surface area contributed by atoms with E-state index < -0.39 is 0 Å². The molecule has 0 spiro atoms. The first-order valence-corrected chi connectivity index (χ1v) is 7.42. The molecule has 3 nitrogen and oxygen atoms in total. The molecule has 1 N–H and O–H groups in total. The van der Waals surface area contributed by atoms with Gasteiger partial charge in [0, 0.05) is 6.61 Å². The molecule has 0 fully saturated rings. The summed E-state index contributed by atoms with van der Waals surface area (Å²) in [5.41, 5.74) is 2.20. The van der Waals surface area contributed by atoms with E-state index in [2.05, 4.69) is 13.8 Å². The Hall–Kier alpha value is -1.35. The van der Waals surface area contributed by atoms with Gasteiger partial charge in [0.15, 0.2) is 0 Å². The fourth-order valence-corrected chi connectivity index (χ4v) is 2.87. The molecule has 0 aliphatic heterocycles. The summed E-state index contributed by atoms with van der Waals surface area (Å²) in [5, 5.41) is 9.38. The van der Waals surface area contributed by atoms with Gasteiger partial charge in [-0.25, -0.2) is 4.79 Å². The van der Waals surface area contributed by atoms with E-state index in [0.717, 1.165) is 17.5 Å². The third-order valence-electron chi connectivity index (χ3n) is 3.66. The second kappa shape index (κ2) is 6.61. The Kier molecular flexibility index (Phi) is 5.57. The van der Waals surface area contributed by atoms with E-state index in [0.29, 0.717) is 12.2 Å². The van der Waals surface area contributed by atoms with E-state index in [9.17, 15) is 9.90 Å². The molecular weight excluding hydrogens is 264 g/mol. The van der Waals surface area contributed by atoms with Crippen LogP contribution in [0.5, 0.6) is 0 Å². The molecule has 0 radical (unpaired) electrons. The molecular formula is C18H28O3. The van der Waals surface area contributed by atoms with Gasteiger partial charge >= 0.3 is 5.97 Å². The van der Waals surface area contributed by atoms with Crippen molar-refractivity contribution in [3.63, 3.8) is 0 Å². The summed E-state index contributed by atoms with van der Waals surface area (Å²) in [6.45, 7) is 12.5. The number of carbonyl (C=O) groups excluding carboxylic acids is 1. The van der Waals surface area contributed by atoms with Crippen LogP contribution >= 0.6 is 0 Å². The first kappa shape index (κ1) is 17.7. The third-order valence-corrected chi connectivity index (χ3v) is 3.66. The van der Waals surface area contributed by atoms with Crippen molar-refractivity contribution in [3.05, 3.63) is 34.9 Å². The van der Waals surface area contributed by atoms with E-state index in [4.69, 9.17) is 4.74 Å². The zero-order valence-corrected chi connectivity index (χ0v) is 14.1. The molecule has 0 bridgehead atoms. The summed E-state index contributed by atoms with van der Waals surface area (Å²) in [4.78, 5) is 12.3. The second-order valence-electron chi connectivity index (χ2n) is 7.51. The minimum Gasteiger partial charge on any atom is -0.462 e. The highest BCUT2D eigenvalue weighted by molar-refractivity contribution is 5.92. The molecule has 118 valence electrons. The van der Waals surface area contributed by atoms with Crippen LogP contribution in [0.25, 0.3) is 0 Å². The average Bonchev–Trinajstić information content (AvgIpc) is 2.35. The van der Waals surface area contributed by atoms with Crippen molar-refractivity contribution >= 4 is 5.97 Å². The van der Waals surface area contributed by atoms with Gasteiger partial charge in [0.25, 0.3) is 0 Å². The van der Waals surface area contributed by atoms with Gasteiger partial charge in [-0.15, -0.1) is 0 Å². The Morgan fingerprint density at radius 1 is 1.10 bits per heavy atom. The lowest BCUT2D eigenvalue weighted by atomic mass is 9.76. The summed E-state index contributed by atoms with van der Waals surface area (Å²) in [7, 11) is 0. The lowest BCUT2D eigenvalue weighted by Crippen LogP contribution is -2.30. The monoisotopic (exact) mass is 292 g/mol. The first-order chi connectivity index (χ1) is 9.58. The fraction of sp³-hybridized carbons (Fsp3) is 0.611. The van der Waals surface area contributed by atoms with E-state index in [1.807, 2.05) is 45.9 Å². The van der Waals surface area contributed by atoms with Gasteiger partial charge in [-0.1, -0.05) is 45.9 Å². The highest BCUT2D eigenvalue weighted by Crippen LogP contribution is 2.33. The number of hydrogen-bond acceptors (Lipinski definition) is 3. The highest BCUT2D eigenvalue weighted by atomic mass is 16.5. The number of aliphatic hydroxyl groups excluding tert-OH is 1. The Bertz CT molecular complexity index is 481. The standard InChI is InChI=1S/C18H28O3/c1-13-8-7-9-14(2)15(13)16(20)21-12-18(5,6)10-17(3,4)11-19/h7-9,19H,10-12H2,1-6H3. The number of carbonyl (C=O) groups is 1. The van der Waals surface area contributed by atoms with Crippen molar-refractivity contribution in [2.45, 2.75) is 48.0 Å². The molecule has 0 heterocycles. The van der Waals surface area contributed by atoms with Crippen molar-refractivity contribution in [2.24, 2.45) is 10.8 Å². The molecule has 0 saturated heterocycles. The summed E-state index contributed by atoms with van der Waals surface area (Å²) >= 11 is 0. The molecule has 0 atom stereocenters. The zero-order valence-electron chi connectivity index (χ0n) is 14.1. The molecule has 1 rings (SSSR count). The summed E-state index contributed by atoms with van der Waals surface area (Å²) < 4.78 is 5.52. The summed E-state index contributed by atoms with van der Waals surface area (Å²) in [5.74, 6) is -0.263. The minimum absolute atomic E-state index is 0.126. The zero-order chi connectivity index (χ0) is 16.3. The van der Waals surface area contributed by atoms with E-state index in [1.165, 1.54) is 0 Å². The number of esters is 1. The molecule has 0 unspecified atom stereocenters. The molecule has 21 heavy (non-hydrogen) atoms. The predicted octanol–water partition coefficient (Wildman–Crippen LogP) is 3.90. The van der Waals surface area contributed by atoms with E-state index in [-0.39, 0.29) is 23.4 Å². The minimum atomic E-state index is -0.263. The van der Waals surface area contributed by atoms with Crippen LogP contribution in [0.3, 0.4) is 0 Å². The van der Waals surface area contributed by atoms with E-state index >= 15 is 0 Å². The van der Waals surface area contributed by atoms with Crippen molar-refractivity contribution in [2.75, 3.05) is 13.2 Å². The summed E-state index contributed by atoms with van der Waals surface area (Å²) in [6, 6.07) is 5.78. The molecule has 0 saturated carbocycles. The first-order valence-electron chi connectivity index (χ1n) is 7.42. The Morgan fingerprint density at radius 2 is 1.62 bits per heavy atom. The van der Waals surface area contributed by atoms with Gasteiger partial charge in [0.2, 0.25) is 0 Å². The molecule has 1 aromatic rings. The van der Waals surface area contributed by atoms with Crippen molar-refractivity contribution < 1.29 is 14.6 Å². The third kappa shape index (κ3) is 5.16. The average molecular weight is 292 g/mol. The molecule has 0 aliphatic rings. The van der Waals surface area contributed by atoms with Gasteiger partial charge in [0.05, 0.1) is 12.2 Å². The quantitative estimate of drug-likeness (QED) is 0.809. The number of hydrogen-bond donors (Lipinski definition) is 1. The fourth-order valence-electron chi connectivity index (χ4n) is 2.87. The Morgan fingerprint density at radius 3 is 2.10 bits per heavy atom. The predicted molar refractivity (Wildman–Crippen MR) is 85.5 cm³/mol. The maximum Gasteiger partial charge on any atom is 0.338 e. The number of benzene rings is 1. The Balaban J connectivity index is 2.72. The maximum atomic E-state index is 12.3. The van der Waals surface area contributed by atoms with Crippen LogP contribution in [0.4, 0.5) is 0 Å². The molecule has 0 aromatic heterocycles.